The fourth-order valence-corrected chi connectivity index (χ4v) is 4.57. The molecule has 0 bridgehead atoms. The molecule has 1 saturated carbocycles. The van der Waals surface area contributed by atoms with Crippen molar-refractivity contribution >= 4 is 17.1 Å². The summed E-state index contributed by atoms with van der Waals surface area (Å²) >= 11 is 0. The van der Waals surface area contributed by atoms with Crippen LogP contribution in [-0.4, -0.2) is 39.1 Å². The topological polar surface area (TPSA) is 97.3 Å². The molecule has 3 aromatic rings. The maximum Gasteiger partial charge on any atom is 0.252 e. The molecule has 30 heavy (non-hydrogen) atoms. The fraction of sp³-hybridized carbons (Fsp3) is 0.435. The number of primary amides is 1. The Morgan fingerprint density at radius 3 is 2.60 bits per heavy atom. The molecule has 1 aliphatic carbocycles. The van der Waals surface area contributed by atoms with Crippen LogP contribution in [0, 0.1) is 12.3 Å². The molecule has 4 rings (SSSR count). The van der Waals surface area contributed by atoms with Gasteiger partial charge in [-0.2, -0.15) is 5.10 Å². The number of aromatic nitrogens is 3. The van der Waals surface area contributed by atoms with Gasteiger partial charge in [0.2, 0.25) is 0 Å². The standard InChI is InChI=1S/C23H30N6O/c1-14-6-7-15(11-26-14)16-10-18-20(17(21(24)30)12-27-29(18)13-16)28-19-8-9-23(4,25-5)22(19,2)3/h6-7,10-13,19,25,28H,8-9H2,1-5H3,(H2,24,30)/t19-,23?/m1/s1. The van der Waals surface area contributed by atoms with Crippen LogP contribution >= 0.6 is 0 Å². The Kier molecular flexibility index (Phi) is 4.81. The Hall–Kier alpha value is -2.93. The Bertz CT molecular complexity index is 1100. The number of anilines is 1. The quantitative estimate of drug-likeness (QED) is 0.603. The van der Waals surface area contributed by atoms with Gasteiger partial charge in [-0.1, -0.05) is 19.9 Å². The van der Waals surface area contributed by atoms with E-state index in [-0.39, 0.29) is 17.0 Å². The van der Waals surface area contributed by atoms with Gasteiger partial charge in [0.15, 0.2) is 0 Å². The molecule has 1 amide bonds. The van der Waals surface area contributed by atoms with Gasteiger partial charge < -0.3 is 16.4 Å². The molecule has 0 radical (unpaired) electrons. The number of pyridine rings is 1. The van der Waals surface area contributed by atoms with Crippen molar-refractivity contribution in [2.24, 2.45) is 11.1 Å². The third-order valence-corrected chi connectivity index (χ3v) is 7.24. The van der Waals surface area contributed by atoms with E-state index in [0.29, 0.717) is 5.56 Å². The van der Waals surface area contributed by atoms with Gasteiger partial charge in [-0.25, -0.2) is 4.52 Å². The Morgan fingerprint density at radius 1 is 1.23 bits per heavy atom. The van der Waals surface area contributed by atoms with E-state index in [4.69, 9.17) is 5.73 Å². The molecule has 4 N–H and O–H groups in total. The summed E-state index contributed by atoms with van der Waals surface area (Å²) in [6.07, 6.45) is 7.39. The molecule has 7 nitrogen and oxygen atoms in total. The van der Waals surface area contributed by atoms with Gasteiger partial charge in [0, 0.05) is 46.2 Å². The molecule has 3 heterocycles. The van der Waals surface area contributed by atoms with Crippen LogP contribution < -0.4 is 16.4 Å². The first-order valence-electron chi connectivity index (χ1n) is 10.4. The van der Waals surface area contributed by atoms with Crippen LogP contribution in [0.25, 0.3) is 16.6 Å². The average molecular weight is 407 g/mol. The van der Waals surface area contributed by atoms with Crippen molar-refractivity contribution in [3.63, 3.8) is 0 Å². The summed E-state index contributed by atoms with van der Waals surface area (Å²) in [5.41, 5.74) is 10.6. The van der Waals surface area contributed by atoms with E-state index in [1.165, 1.54) is 0 Å². The zero-order valence-corrected chi connectivity index (χ0v) is 18.3. The second-order valence-electron chi connectivity index (χ2n) is 9.08. The summed E-state index contributed by atoms with van der Waals surface area (Å²) in [6, 6.07) is 6.24. The number of amides is 1. The van der Waals surface area contributed by atoms with E-state index in [9.17, 15) is 4.79 Å². The minimum Gasteiger partial charge on any atom is -0.379 e. The smallest absolute Gasteiger partial charge is 0.252 e. The average Bonchev–Trinajstić information content (AvgIpc) is 3.23. The fourth-order valence-electron chi connectivity index (χ4n) is 4.57. The number of carbonyl (C=O) groups is 1. The number of aryl methyl sites for hydroxylation is 1. The second-order valence-corrected chi connectivity index (χ2v) is 9.08. The third kappa shape index (κ3) is 3.13. The zero-order valence-electron chi connectivity index (χ0n) is 18.3. The van der Waals surface area contributed by atoms with Gasteiger partial charge in [0.25, 0.3) is 5.91 Å². The van der Waals surface area contributed by atoms with Crippen molar-refractivity contribution in [2.75, 3.05) is 12.4 Å². The minimum absolute atomic E-state index is 0.00158. The SMILES string of the molecule is CNC1(C)CC[C@@H](Nc2c(C(N)=O)cnn3cc(-c4ccc(C)nc4)cc23)C1(C)C. The van der Waals surface area contributed by atoms with Gasteiger partial charge in [-0.05, 0) is 45.9 Å². The van der Waals surface area contributed by atoms with Crippen LogP contribution in [0.3, 0.4) is 0 Å². The van der Waals surface area contributed by atoms with E-state index >= 15 is 0 Å². The molecular formula is C23H30N6O. The molecule has 1 unspecified atom stereocenters. The van der Waals surface area contributed by atoms with Crippen molar-refractivity contribution in [1.82, 2.24) is 19.9 Å². The molecule has 0 aromatic carbocycles. The lowest BCUT2D eigenvalue weighted by Crippen LogP contribution is -2.53. The molecule has 158 valence electrons. The summed E-state index contributed by atoms with van der Waals surface area (Å²) in [5.74, 6) is -0.487. The molecule has 0 saturated heterocycles. The Balaban J connectivity index is 1.80. The van der Waals surface area contributed by atoms with E-state index in [2.05, 4.69) is 41.5 Å². The van der Waals surface area contributed by atoms with Crippen LogP contribution in [0.5, 0.6) is 0 Å². The van der Waals surface area contributed by atoms with Gasteiger partial charge in [-0.3, -0.25) is 9.78 Å². The van der Waals surface area contributed by atoms with Crippen LogP contribution in [0.15, 0.2) is 36.8 Å². The van der Waals surface area contributed by atoms with E-state index in [1.807, 2.05) is 44.6 Å². The number of nitrogens with one attached hydrogen (secondary N) is 2. The summed E-state index contributed by atoms with van der Waals surface area (Å²) in [6.45, 7) is 8.74. The van der Waals surface area contributed by atoms with E-state index < -0.39 is 5.91 Å². The predicted molar refractivity (Wildman–Crippen MR) is 120 cm³/mol. The summed E-state index contributed by atoms with van der Waals surface area (Å²) in [7, 11) is 2.01. The Morgan fingerprint density at radius 2 is 2.00 bits per heavy atom. The van der Waals surface area contributed by atoms with Gasteiger partial charge in [0.05, 0.1) is 23.0 Å². The van der Waals surface area contributed by atoms with Gasteiger partial charge in [0.1, 0.15) is 0 Å². The highest BCUT2D eigenvalue weighted by molar-refractivity contribution is 6.02. The minimum atomic E-state index is -0.487. The molecule has 2 atom stereocenters. The first kappa shape index (κ1) is 20.3. The van der Waals surface area contributed by atoms with Crippen molar-refractivity contribution in [3.05, 3.63) is 48.0 Å². The van der Waals surface area contributed by atoms with Crippen molar-refractivity contribution in [1.29, 1.82) is 0 Å². The number of nitrogens with zero attached hydrogens (tertiary/aromatic N) is 3. The predicted octanol–water partition coefficient (Wildman–Crippen LogP) is 3.38. The molecule has 0 aliphatic heterocycles. The maximum atomic E-state index is 12.2. The largest absolute Gasteiger partial charge is 0.379 e. The Labute approximate surface area is 177 Å². The highest BCUT2D eigenvalue weighted by Crippen LogP contribution is 2.47. The van der Waals surface area contributed by atoms with Crippen molar-refractivity contribution in [2.45, 2.75) is 52.1 Å². The highest BCUT2D eigenvalue weighted by atomic mass is 16.1. The molecular weight excluding hydrogens is 376 g/mol. The molecule has 3 aromatic heterocycles. The van der Waals surface area contributed by atoms with E-state index in [1.54, 1.807) is 10.7 Å². The first-order chi connectivity index (χ1) is 14.2. The van der Waals surface area contributed by atoms with Crippen molar-refractivity contribution < 1.29 is 4.79 Å². The number of nitrogens with two attached hydrogens (primary N) is 1. The number of carbonyl (C=O) groups excluding carboxylic acids is 1. The lowest BCUT2D eigenvalue weighted by molar-refractivity contribution is 0.100. The number of hydrogen-bond donors (Lipinski definition) is 3. The molecule has 1 fully saturated rings. The van der Waals surface area contributed by atoms with Crippen LogP contribution in [-0.2, 0) is 0 Å². The van der Waals surface area contributed by atoms with E-state index in [0.717, 1.165) is 40.9 Å². The number of rotatable bonds is 5. The van der Waals surface area contributed by atoms with Gasteiger partial charge in [-0.15, -0.1) is 0 Å². The normalized spacial score (nSPS) is 23.0. The van der Waals surface area contributed by atoms with Crippen LogP contribution in [0.1, 0.15) is 49.7 Å². The van der Waals surface area contributed by atoms with Crippen LogP contribution in [0.4, 0.5) is 5.69 Å². The van der Waals surface area contributed by atoms with Crippen molar-refractivity contribution in [3.8, 4) is 11.1 Å². The van der Waals surface area contributed by atoms with Crippen LogP contribution in [0.2, 0.25) is 0 Å². The maximum absolute atomic E-state index is 12.2. The summed E-state index contributed by atoms with van der Waals surface area (Å²) in [4.78, 5) is 16.6. The third-order valence-electron chi connectivity index (χ3n) is 7.24. The summed E-state index contributed by atoms with van der Waals surface area (Å²) < 4.78 is 1.79. The second kappa shape index (κ2) is 7.09. The lowest BCUT2D eigenvalue weighted by Gasteiger charge is -2.42. The number of fused-ring (bicyclic) bond motifs is 1. The lowest BCUT2D eigenvalue weighted by atomic mass is 9.74. The first-order valence-corrected chi connectivity index (χ1v) is 10.4. The molecule has 0 spiro atoms. The molecule has 7 heteroatoms. The number of hydrogen-bond acceptors (Lipinski definition) is 5. The monoisotopic (exact) mass is 406 g/mol. The van der Waals surface area contributed by atoms with Gasteiger partial charge >= 0.3 is 0 Å². The highest BCUT2D eigenvalue weighted by Gasteiger charge is 2.51. The zero-order chi connectivity index (χ0) is 21.7. The molecule has 1 aliphatic rings. The summed E-state index contributed by atoms with van der Waals surface area (Å²) in [5, 5.41) is 11.6.